The van der Waals surface area contributed by atoms with Crippen LogP contribution in [0.5, 0.6) is 0 Å². The minimum absolute atomic E-state index is 0.0522. The highest BCUT2D eigenvalue weighted by molar-refractivity contribution is 6.93. The topological polar surface area (TPSA) is 29.1 Å². The molecule has 0 aromatic heterocycles. The van der Waals surface area contributed by atoms with Gasteiger partial charge in [-0.05, 0) is 25.0 Å². The highest BCUT2D eigenvalue weighted by Gasteiger charge is 2.19. The minimum atomic E-state index is -1.60. The molecule has 0 fully saturated rings. The third-order valence-electron chi connectivity index (χ3n) is 3.19. The number of carbonyl (C=O) groups is 1. The van der Waals surface area contributed by atoms with E-state index in [1.54, 1.807) is 0 Å². The minimum Gasteiger partial charge on any atom is -0.326 e. The van der Waals surface area contributed by atoms with E-state index >= 15 is 0 Å². The zero-order valence-corrected chi connectivity index (χ0v) is 12.7. The molecule has 1 rings (SSSR count). The zero-order chi connectivity index (χ0) is 14.3. The van der Waals surface area contributed by atoms with Gasteiger partial charge >= 0.3 is 0 Å². The van der Waals surface area contributed by atoms with Gasteiger partial charge in [-0.15, -0.1) is 6.58 Å². The summed E-state index contributed by atoms with van der Waals surface area (Å²) in [6.45, 7) is 7.95. The highest BCUT2D eigenvalue weighted by atomic mass is 28.3. The molecule has 1 aromatic carbocycles. The quantitative estimate of drug-likeness (QED) is 0.601. The van der Waals surface area contributed by atoms with Crippen molar-refractivity contribution in [1.82, 2.24) is 0 Å². The Hall–Kier alpha value is -1.42. The maximum absolute atomic E-state index is 12.0. The Kier molecular flexibility index (Phi) is 5.95. The lowest BCUT2D eigenvalue weighted by Gasteiger charge is -2.18. The monoisotopic (exact) mass is 279 g/mol. The normalized spacial score (nSPS) is 11.1. The maximum Gasteiger partial charge on any atom is 0.224 e. The van der Waals surface area contributed by atoms with Crippen LogP contribution in [-0.2, 0) is 4.79 Å². The first-order chi connectivity index (χ1) is 8.99. The maximum atomic E-state index is 12.0. The molecule has 4 heteroatoms. The van der Waals surface area contributed by atoms with Crippen molar-refractivity contribution in [2.45, 2.75) is 32.4 Å². The second kappa shape index (κ2) is 7.24. The smallest absolute Gasteiger partial charge is 0.224 e. The molecule has 0 spiro atoms. The molecule has 1 aromatic rings. The van der Waals surface area contributed by atoms with Gasteiger partial charge in [-0.3, -0.25) is 9.18 Å². The van der Waals surface area contributed by atoms with E-state index in [9.17, 15) is 9.18 Å². The predicted octanol–water partition coefficient (Wildman–Crippen LogP) is 3.41. The zero-order valence-electron chi connectivity index (χ0n) is 11.7. The van der Waals surface area contributed by atoms with Gasteiger partial charge in [-0.25, -0.2) is 0 Å². The number of unbranched alkanes of at least 4 members (excludes halogenated alkanes) is 1. The molecule has 0 aliphatic carbocycles. The lowest BCUT2D eigenvalue weighted by Crippen LogP contribution is -2.39. The molecule has 104 valence electrons. The van der Waals surface area contributed by atoms with Gasteiger partial charge in [0.1, 0.15) is 8.07 Å². The summed E-state index contributed by atoms with van der Waals surface area (Å²) in [7, 11) is -1.60. The Morgan fingerprint density at radius 3 is 2.79 bits per heavy atom. The second-order valence-electron chi connectivity index (χ2n) is 5.20. The fourth-order valence-electron chi connectivity index (χ4n) is 1.72. The molecule has 0 bridgehead atoms. The van der Waals surface area contributed by atoms with Gasteiger partial charge in [-0.1, -0.05) is 36.1 Å². The van der Waals surface area contributed by atoms with Crippen LogP contribution in [0.4, 0.5) is 10.1 Å². The summed E-state index contributed by atoms with van der Waals surface area (Å²) in [5, 5.41) is 4.10. The summed E-state index contributed by atoms with van der Waals surface area (Å²) in [5.74, 6) is -0.0522. The number of amides is 1. The fraction of sp³-hybridized carbons (Fsp3) is 0.400. The van der Waals surface area contributed by atoms with Crippen LogP contribution in [-0.4, -0.2) is 20.7 Å². The van der Waals surface area contributed by atoms with Crippen molar-refractivity contribution < 1.29 is 9.18 Å². The molecule has 0 heterocycles. The van der Waals surface area contributed by atoms with Crippen LogP contribution in [0.3, 0.4) is 0 Å². The van der Waals surface area contributed by atoms with E-state index in [1.807, 2.05) is 23.9 Å². The average molecular weight is 279 g/mol. The van der Waals surface area contributed by atoms with Gasteiger partial charge < -0.3 is 5.32 Å². The van der Waals surface area contributed by atoms with E-state index in [-0.39, 0.29) is 12.6 Å². The van der Waals surface area contributed by atoms with Crippen molar-refractivity contribution >= 4 is 24.9 Å². The molecule has 1 N–H and O–H groups in total. The molecule has 0 aliphatic heterocycles. The van der Waals surface area contributed by atoms with Crippen molar-refractivity contribution in [3.63, 3.8) is 0 Å². The second-order valence-corrected chi connectivity index (χ2v) is 9.63. The molecule has 0 saturated heterocycles. The van der Waals surface area contributed by atoms with E-state index in [1.165, 1.54) is 5.19 Å². The Balaban J connectivity index is 2.67. The van der Waals surface area contributed by atoms with Crippen molar-refractivity contribution in [3.05, 3.63) is 36.5 Å². The van der Waals surface area contributed by atoms with Gasteiger partial charge in [0.2, 0.25) is 5.91 Å². The Morgan fingerprint density at radius 1 is 1.42 bits per heavy atom. The van der Waals surface area contributed by atoms with Crippen molar-refractivity contribution in [1.29, 1.82) is 0 Å². The van der Waals surface area contributed by atoms with Crippen LogP contribution >= 0.6 is 0 Å². The van der Waals surface area contributed by atoms with Crippen LogP contribution in [0.15, 0.2) is 36.5 Å². The summed E-state index contributed by atoms with van der Waals surface area (Å²) in [5.41, 5.74) is 2.83. The van der Waals surface area contributed by atoms with Crippen molar-refractivity contribution in [2.75, 3.05) is 12.0 Å². The first-order valence-corrected chi connectivity index (χ1v) is 9.67. The van der Waals surface area contributed by atoms with Gasteiger partial charge in [0.05, 0.1) is 6.67 Å². The molecular formula is C15H22FNOSi. The van der Waals surface area contributed by atoms with E-state index in [0.717, 1.165) is 5.69 Å². The van der Waals surface area contributed by atoms with Crippen LogP contribution in [0.25, 0.3) is 0 Å². The number of alkyl halides is 1. The Morgan fingerprint density at radius 2 is 2.16 bits per heavy atom. The molecule has 0 radical (unpaired) electrons. The summed E-state index contributed by atoms with van der Waals surface area (Å²) in [6.07, 6.45) is 1.41. The van der Waals surface area contributed by atoms with Gasteiger partial charge in [0.25, 0.3) is 0 Å². The number of benzene rings is 1. The molecule has 0 unspecified atom stereocenters. The number of carbonyl (C=O) groups excluding carboxylic acids is 1. The number of anilines is 1. The average Bonchev–Trinajstić information content (AvgIpc) is 2.39. The number of halogens is 1. The molecule has 19 heavy (non-hydrogen) atoms. The first kappa shape index (κ1) is 15.6. The number of hydrogen-bond acceptors (Lipinski definition) is 1. The van der Waals surface area contributed by atoms with Gasteiger partial charge in [0.15, 0.2) is 0 Å². The van der Waals surface area contributed by atoms with Crippen LogP contribution in [0.1, 0.15) is 19.3 Å². The lowest BCUT2D eigenvalue weighted by atomic mass is 10.2. The van der Waals surface area contributed by atoms with Gasteiger partial charge in [0, 0.05) is 12.1 Å². The number of nitrogens with one attached hydrogen (secondary N) is 1. The third-order valence-corrected chi connectivity index (χ3v) is 6.01. The van der Waals surface area contributed by atoms with E-state index in [0.29, 0.717) is 19.3 Å². The number of hydrogen-bond donors (Lipinski definition) is 1. The summed E-state index contributed by atoms with van der Waals surface area (Å²) >= 11 is 0. The standard InChI is InChI=1S/C15H22FNOSi/c1-4-19(2,3)14-9-7-8-13(12-14)17-15(18)10-5-6-11-16/h4,7-9,12H,1,5-6,10-11H2,2-3H3,(H,17,18). The molecule has 0 saturated carbocycles. The summed E-state index contributed by atoms with van der Waals surface area (Å²) < 4.78 is 12.0. The predicted molar refractivity (Wildman–Crippen MR) is 82.2 cm³/mol. The summed E-state index contributed by atoms with van der Waals surface area (Å²) in [4.78, 5) is 11.7. The van der Waals surface area contributed by atoms with Crippen LogP contribution < -0.4 is 10.5 Å². The third kappa shape index (κ3) is 4.99. The fourth-order valence-corrected chi connectivity index (χ4v) is 3.01. The Bertz CT molecular complexity index is 446. The van der Waals surface area contributed by atoms with Crippen LogP contribution in [0.2, 0.25) is 13.1 Å². The van der Waals surface area contributed by atoms with E-state index in [2.05, 4.69) is 31.1 Å². The Labute approximate surface area is 115 Å². The van der Waals surface area contributed by atoms with Crippen LogP contribution in [0, 0.1) is 0 Å². The summed E-state index contributed by atoms with van der Waals surface area (Å²) in [6, 6.07) is 7.92. The lowest BCUT2D eigenvalue weighted by molar-refractivity contribution is -0.116. The first-order valence-electron chi connectivity index (χ1n) is 6.59. The molecule has 2 nitrogen and oxygen atoms in total. The highest BCUT2D eigenvalue weighted by Crippen LogP contribution is 2.11. The van der Waals surface area contributed by atoms with E-state index in [4.69, 9.17) is 0 Å². The molecule has 0 aliphatic rings. The molecule has 0 atom stereocenters. The largest absolute Gasteiger partial charge is 0.326 e. The number of rotatable bonds is 7. The van der Waals surface area contributed by atoms with Crippen molar-refractivity contribution in [2.24, 2.45) is 0 Å². The SMILES string of the molecule is C=C[Si](C)(C)c1cccc(NC(=O)CCCCF)c1. The van der Waals surface area contributed by atoms with Gasteiger partial charge in [-0.2, -0.15) is 0 Å². The van der Waals surface area contributed by atoms with E-state index < -0.39 is 8.07 Å². The molecular weight excluding hydrogens is 257 g/mol. The molecule has 1 amide bonds. The van der Waals surface area contributed by atoms with Crippen molar-refractivity contribution in [3.8, 4) is 0 Å².